The number of carbonyl (C=O) groups is 3. The maximum Gasteiger partial charge on any atom is 0.245 e. The first-order valence-corrected chi connectivity index (χ1v) is 10.4. The van der Waals surface area contributed by atoms with E-state index in [4.69, 9.17) is 5.73 Å². The second kappa shape index (κ2) is 8.93. The Bertz CT molecular complexity index is 713. The normalized spacial score (nSPS) is 27.2. The molecule has 0 bridgehead atoms. The van der Waals surface area contributed by atoms with Crippen LogP contribution in [0.5, 0.6) is 0 Å². The van der Waals surface area contributed by atoms with Gasteiger partial charge in [0.15, 0.2) is 0 Å². The molecule has 154 valence electrons. The van der Waals surface area contributed by atoms with Gasteiger partial charge in [0, 0.05) is 24.9 Å². The van der Waals surface area contributed by atoms with Crippen molar-refractivity contribution in [3.8, 4) is 0 Å². The van der Waals surface area contributed by atoms with E-state index in [-0.39, 0.29) is 23.5 Å². The first-order chi connectivity index (χ1) is 13.4. The number of thioether (sulfide) groups is 1. The van der Waals surface area contributed by atoms with Crippen molar-refractivity contribution in [2.24, 2.45) is 5.73 Å². The fourth-order valence-electron chi connectivity index (χ4n) is 3.49. The highest BCUT2D eigenvalue weighted by atomic mass is 32.2. The summed E-state index contributed by atoms with van der Waals surface area (Å²) < 4.78 is 0. The lowest BCUT2D eigenvalue weighted by molar-refractivity contribution is -0.139. The maximum absolute atomic E-state index is 13.1. The smallest absolute Gasteiger partial charge is 0.245 e. The molecule has 2 saturated heterocycles. The molecule has 6 N–H and O–H groups in total. The Morgan fingerprint density at radius 3 is 2.96 bits per heavy atom. The van der Waals surface area contributed by atoms with Gasteiger partial charge >= 0.3 is 0 Å². The Hall–Kier alpha value is -2.11. The summed E-state index contributed by atoms with van der Waals surface area (Å²) in [6, 6.07) is -2.04. The standard InChI is InChI=1S/C17H26N6O4S/c1-9-15(25)22-12(7-28-9)16(26)21-11(5-10-6-19-8-20-10)17(27)23-4-2-3-13(23)14(18)24/h6,8-9,11-14,24H,2-5,7,18H2,1H3,(H,19,20)(H,21,26)(H,22,25). The van der Waals surface area contributed by atoms with E-state index >= 15 is 0 Å². The van der Waals surface area contributed by atoms with E-state index in [0.29, 0.717) is 24.4 Å². The zero-order valence-electron chi connectivity index (χ0n) is 15.6. The molecule has 2 fully saturated rings. The van der Waals surface area contributed by atoms with E-state index in [9.17, 15) is 19.5 Å². The number of rotatable bonds is 6. The Labute approximate surface area is 167 Å². The first-order valence-electron chi connectivity index (χ1n) is 9.31. The molecule has 2 aliphatic rings. The summed E-state index contributed by atoms with van der Waals surface area (Å²) in [5, 5.41) is 15.0. The number of aromatic nitrogens is 2. The molecular weight excluding hydrogens is 384 g/mol. The molecule has 0 spiro atoms. The minimum Gasteiger partial charge on any atom is -0.377 e. The molecular formula is C17H26N6O4S. The van der Waals surface area contributed by atoms with Crippen LogP contribution in [0.4, 0.5) is 0 Å². The third-order valence-electron chi connectivity index (χ3n) is 5.07. The van der Waals surface area contributed by atoms with Crippen LogP contribution >= 0.6 is 11.8 Å². The molecule has 5 unspecified atom stereocenters. The SMILES string of the molecule is CC1SCC(C(=O)NC(Cc2c[nH]cn2)C(=O)N2CCCC2C(N)O)NC1=O. The molecule has 11 heteroatoms. The fraction of sp³-hybridized carbons (Fsp3) is 0.647. The predicted molar refractivity (Wildman–Crippen MR) is 103 cm³/mol. The first kappa shape index (κ1) is 20.6. The Morgan fingerprint density at radius 2 is 2.32 bits per heavy atom. The van der Waals surface area contributed by atoms with Crippen LogP contribution in [0.3, 0.4) is 0 Å². The molecule has 5 atom stereocenters. The molecule has 3 rings (SSSR count). The molecule has 0 saturated carbocycles. The van der Waals surface area contributed by atoms with E-state index in [2.05, 4.69) is 20.6 Å². The average Bonchev–Trinajstić information content (AvgIpc) is 3.34. The Morgan fingerprint density at radius 1 is 1.54 bits per heavy atom. The van der Waals surface area contributed by atoms with Gasteiger partial charge in [0.25, 0.3) is 0 Å². The van der Waals surface area contributed by atoms with Gasteiger partial charge in [-0.1, -0.05) is 0 Å². The van der Waals surface area contributed by atoms with Crippen molar-refractivity contribution < 1.29 is 19.5 Å². The van der Waals surface area contributed by atoms with Gasteiger partial charge in [0.05, 0.1) is 23.3 Å². The second-order valence-corrected chi connectivity index (χ2v) is 8.47. The van der Waals surface area contributed by atoms with Gasteiger partial charge in [-0.2, -0.15) is 0 Å². The van der Waals surface area contributed by atoms with Gasteiger partial charge in [-0.25, -0.2) is 4.98 Å². The summed E-state index contributed by atoms with van der Waals surface area (Å²) in [6.07, 6.45) is 3.57. The number of nitrogens with two attached hydrogens (primary N) is 1. The van der Waals surface area contributed by atoms with Crippen molar-refractivity contribution in [2.75, 3.05) is 12.3 Å². The number of imidazole rings is 1. The summed E-state index contributed by atoms with van der Waals surface area (Å²) in [6.45, 7) is 2.25. The molecule has 2 aliphatic heterocycles. The number of H-pyrrole nitrogens is 1. The van der Waals surface area contributed by atoms with Crippen LogP contribution in [0, 0.1) is 0 Å². The minimum atomic E-state index is -1.14. The highest BCUT2D eigenvalue weighted by Gasteiger charge is 2.38. The quantitative estimate of drug-likeness (QED) is 0.351. The zero-order chi connectivity index (χ0) is 20.3. The van der Waals surface area contributed by atoms with Crippen molar-refractivity contribution in [1.29, 1.82) is 0 Å². The van der Waals surface area contributed by atoms with E-state index in [1.165, 1.54) is 23.0 Å². The lowest BCUT2D eigenvalue weighted by atomic mass is 10.1. The van der Waals surface area contributed by atoms with Crippen LogP contribution in [0.15, 0.2) is 12.5 Å². The molecule has 1 aromatic heterocycles. The molecule has 1 aromatic rings. The molecule has 0 aliphatic carbocycles. The number of hydrogen-bond donors (Lipinski definition) is 5. The van der Waals surface area contributed by atoms with E-state index < -0.39 is 30.3 Å². The van der Waals surface area contributed by atoms with E-state index in [0.717, 1.165) is 6.42 Å². The highest BCUT2D eigenvalue weighted by molar-refractivity contribution is 8.00. The lowest BCUT2D eigenvalue weighted by Gasteiger charge is -2.32. The van der Waals surface area contributed by atoms with Crippen molar-refractivity contribution >= 4 is 29.5 Å². The van der Waals surface area contributed by atoms with Crippen LogP contribution in [-0.2, 0) is 20.8 Å². The van der Waals surface area contributed by atoms with Crippen LogP contribution < -0.4 is 16.4 Å². The van der Waals surface area contributed by atoms with Crippen LogP contribution in [-0.4, -0.2) is 79.6 Å². The number of aromatic amines is 1. The zero-order valence-corrected chi connectivity index (χ0v) is 16.4. The molecule has 28 heavy (non-hydrogen) atoms. The number of hydrogen-bond acceptors (Lipinski definition) is 7. The number of carbonyl (C=O) groups excluding carboxylic acids is 3. The van der Waals surface area contributed by atoms with Crippen molar-refractivity contribution in [1.82, 2.24) is 25.5 Å². The van der Waals surface area contributed by atoms with Gasteiger partial charge in [0.2, 0.25) is 17.7 Å². The molecule has 0 aromatic carbocycles. The van der Waals surface area contributed by atoms with Crippen molar-refractivity contribution in [3.63, 3.8) is 0 Å². The average molecular weight is 411 g/mol. The minimum absolute atomic E-state index is 0.197. The van der Waals surface area contributed by atoms with E-state index in [1.807, 2.05) is 0 Å². The van der Waals surface area contributed by atoms with Gasteiger partial charge in [-0.3, -0.25) is 14.4 Å². The highest BCUT2D eigenvalue weighted by Crippen LogP contribution is 2.21. The third kappa shape index (κ3) is 4.65. The largest absolute Gasteiger partial charge is 0.377 e. The summed E-state index contributed by atoms with van der Waals surface area (Å²) >= 11 is 1.40. The van der Waals surface area contributed by atoms with Gasteiger partial charge < -0.3 is 31.4 Å². The van der Waals surface area contributed by atoms with E-state index in [1.54, 1.807) is 13.1 Å². The molecule has 3 amide bonds. The topological polar surface area (TPSA) is 153 Å². The number of nitrogens with one attached hydrogen (secondary N) is 3. The number of amides is 3. The van der Waals surface area contributed by atoms with Gasteiger partial charge in [-0.15, -0.1) is 11.8 Å². The monoisotopic (exact) mass is 410 g/mol. The van der Waals surface area contributed by atoms with Crippen molar-refractivity contribution in [2.45, 2.75) is 55.8 Å². The number of nitrogens with zero attached hydrogens (tertiary/aromatic N) is 2. The number of aliphatic hydroxyl groups excluding tert-OH is 1. The van der Waals surface area contributed by atoms with Crippen molar-refractivity contribution in [3.05, 3.63) is 18.2 Å². The predicted octanol–water partition coefficient (Wildman–Crippen LogP) is -1.67. The number of aliphatic hydroxyl groups is 1. The van der Waals surface area contributed by atoms with Crippen LogP contribution in [0.25, 0.3) is 0 Å². The summed E-state index contributed by atoms with van der Waals surface area (Å²) in [7, 11) is 0. The third-order valence-corrected chi connectivity index (χ3v) is 6.31. The summed E-state index contributed by atoms with van der Waals surface area (Å²) in [5.74, 6) is -0.481. The molecule has 0 radical (unpaired) electrons. The van der Waals surface area contributed by atoms with Gasteiger partial charge in [0.1, 0.15) is 18.3 Å². The summed E-state index contributed by atoms with van der Waals surface area (Å²) in [5.41, 5.74) is 6.24. The Kier molecular flexibility index (Phi) is 6.57. The molecule has 3 heterocycles. The molecule has 10 nitrogen and oxygen atoms in total. The second-order valence-electron chi connectivity index (χ2n) is 7.09. The Balaban J connectivity index is 1.72. The van der Waals surface area contributed by atoms with Crippen LogP contribution in [0.1, 0.15) is 25.5 Å². The van der Waals surface area contributed by atoms with Crippen LogP contribution in [0.2, 0.25) is 0 Å². The summed E-state index contributed by atoms with van der Waals surface area (Å²) in [4.78, 5) is 46.2. The lowest BCUT2D eigenvalue weighted by Crippen LogP contribution is -2.59. The van der Waals surface area contributed by atoms with Gasteiger partial charge in [-0.05, 0) is 19.8 Å². The number of likely N-dealkylation sites (tertiary alicyclic amines) is 1. The fourth-order valence-corrected chi connectivity index (χ4v) is 4.43. The maximum atomic E-state index is 13.1.